The van der Waals surface area contributed by atoms with E-state index in [1.807, 2.05) is 32.0 Å². The van der Waals surface area contributed by atoms with Gasteiger partial charge >= 0.3 is 0 Å². The maximum absolute atomic E-state index is 12.4. The monoisotopic (exact) mass is 289 g/mol. The molecular weight excluding hydrogens is 266 g/mol. The van der Waals surface area contributed by atoms with E-state index in [2.05, 4.69) is 16.0 Å². The van der Waals surface area contributed by atoms with Crippen LogP contribution in [0.1, 0.15) is 43.1 Å². The second kappa shape index (κ2) is 6.61. The summed E-state index contributed by atoms with van der Waals surface area (Å²) in [6, 6.07) is 5.18. The highest BCUT2D eigenvalue weighted by molar-refractivity contribution is 5.99. The molecule has 0 spiro atoms. The smallest absolute Gasteiger partial charge is 0.252 e. The van der Waals surface area contributed by atoms with Crippen molar-refractivity contribution in [1.29, 1.82) is 0 Å². The van der Waals surface area contributed by atoms with Crippen LogP contribution in [-0.2, 0) is 11.2 Å². The molecule has 1 heterocycles. The molecule has 5 nitrogen and oxygen atoms in total. The van der Waals surface area contributed by atoms with Crippen LogP contribution >= 0.6 is 0 Å². The van der Waals surface area contributed by atoms with Crippen molar-refractivity contribution in [2.75, 3.05) is 11.9 Å². The van der Waals surface area contributed by atoms with Gasteiger partial charge in [-0.3, -0.25) is 9.59 Å². The van der Waals surface area contributed by atoms with Gasteiger partial charge in [-0.25, -0.2) is 0 Å². The first kappa shape index (κ1) is 15.4. The summed E-state index contributed by atoms with van der Waals surface area (Å²) < 4.78 is 0. The van der Waals surface area contributed by atoms with Crippen LogP contribution < -0.4 is 16.0 Å². The van der Waals surface area contributed by atoms with Crippen LogP contribution in [0.2, 0.25) is 0 Å². The molecular formula is C16H23N3O2. The molecule has 21 heavy (non-hydrogen) atoms. The second-order valence-corrected chi connectivity index (χ2v) is 5.72. The van der Waals surface area contributed by atoms with E-state index in [0.29, 0.717) is 5.56 Å². The van der Waals surface area contributed by atoms with E-state index >= 15 is 0 Å². The van der Waals surface area contributed by atoms with Crippen LogP contribution in [0.4, 0.5) is 5.69 Å². The number of rotatable bonds is 4. The molecule has 3 N–H and O–H groups in total. The number of hydrogen-bond acceptors (Lipinski definition) is 3. The molecule has 0 aliphatic carbocycles. The molecule has 0 bridgehead atoms. The van der Waals surface area contributed by atoms with Crippen molar-refractivity contribution in [3.8, 4) is 0 Å². The number of hydrogen-bond donors (Lipinski definition) is 3. The minimum absolute atomic E-state index is 0.0607. The Balaban J connectivity index is 2.09. The summed E-state index contributed by atoms with van der Waals surface area (Å²) in [7, 11) is 0. The summed E-state index contributed by atoms with van der Waals surface area (Å²) >= 11 is 0. The summed E-state index contributed by atoms with van der Waals surface area (Å²) in [5.41, 5.74) is 2.72. The molecule has 5 heteroatoms. The van der Waals surface area contributed by atoms with Gasteiger partial charge in [0.15, 0.2) is 0 Å². The zero-order valence-corrected chi connectivity index (χ0v) is 12.8. The van der Waals surface area contributed by atoms with Crippen molar-refractivity contribution in [3.05, 3.63) is 29.3 Å². The third kappa shape index (κ3) is 3.74. The Bertz CT molecular complexity index is 540. The van der Waals surface area contributed by atoms with E-state index in [1.54, 1.807) is 6.92 Å². The summed E-state index contributed by atoms with van der Waals surface area (Å²) in [6.45, 7) is 6.42. The molecule has 1 aliphatic rings. The van der Waals surface area contributed by atoms with Crippen molar-refractivity contribution in [3.63, 3.8) is 0 Å². The van der Waals surface area contributed by atoms with Gasteiger partial charge in [0.2, 0.25) is 5.91 Å². The number of carbonyl (C=O) groups excluding carboxylic acids is 2. The summed E-state index contributed by atoms with van der Waals surface area (Å²) in [6.07, 6.45) is 1.90. The van der Waals surface area contributed by atoms with E-state index < -0.39 is 6.04 Å². The third-order valence-corrected chi connectivity index (χ3v) is 3.51. The highest BCUT2D eigenvalue weighted by Gasteiger charge is 2.21. The molecule has 0 aromatic heterocycles. The first-order valence-electron chi connectivity index (χ1n) is 7.46. The van der Waals surface area contributed by atoms with Crippen molar-refractivity contribution < 1.29 is 9.59 Å². The fraction of sp³-hybridized carbons (Fsp3) is 0.500. The van der Waals surface area contributed by atoms with Crippen molar-refractivity contribution in [2.45, 2.75) is 45.7 Å². The number of amides is 2. The normalized spacial score (nSPS) is 14.9. The number of benzene rings is 1. The van der Waals surface area contributed by atoms with Gasteiger partial charge in [0.1, 0.15) is 6.04 Å². The zero-order valence-electron chi connectivity index (χ0n) is 12.8. The molecule has 1 atom stereocenters. The average molecular weight is 289 g/mol. The molecule has 0 fully saturated rings. The van der Waals surface area contributed by atoms with Gasteiger partial charge in [-0.15, -0.1) is 0 Å². The summed E-state index contributed by atoms with van der Waals surface area (Å²) in [5, 5.41) is 8.87. The molecule has 1 aromatic rings. The molecule has 1 aromatic carbocycles. The number of anilines is 1. The minimum atomic E-state index is -0.549. The van der Waals surface area contributed by atoms with E-state index in [4.69, 9.17) is 0 Å². The predicted molar refractivity (Wildman–Crippen MR) is 83.5 cm³/mol. The Hall–Kier alpha value is -2.04. The van der Waals surface area contributed by atoms with Gasteiger partial charge in [0, 0.05) is 23.8 Å². The fourth-order valence-corrected chi connectivity index (χ4v) is 2.47. The van der Waals surface area contributed by atoms with Gasteiger partial charge in [0.05, 0.1) is 0 Å². The largest absolute Gasteiger partial charge is 0.385 e. The minimum Gasteiger partial charge on any atom is -0.385 e. The fourth-order valence-electron chi connectivity index (χ4n) is 2.47. The van der Waals surface area contributed by atoms with Crippen LogP contribution in [0.5, 0.6) is 0 Å². The lowest BCUT2D eigenvalue weighted by atomic mass is 9.97. The van der Waals surface area contributed by atoms with E-state index in [9.17, 15) is 9.59 Å². The molecule has 0 radical (unpaired) electrons. The van der Waals surface area contributed by atoms with E-state index in [-0.39, 0.29) is 17.9 Å². The molecule has 1 unspecified atom stereocenters. The maximum Gasteiger partial charge on any atom is 0.252 e. The standard InChI is InChI=1S/C16H23N3O2/c1-10(2)18-15(20)11(3)19-16(21)13-6-4-8-14-12(13)7-5-9-17-14/h4,6,8,10-11,17H,5,7,9H2,1-3H3,(H,18,20)(H,19,21). The summed E-state index contributed by atoms with van der Waals surface area (Å²) in [5.74, 6) is -0.358. The third-order valence-electron chi connectivity index (χ3n) is 3.51. The molecule has 114 valence electrons. The summed E-state index contributed by atoms with van der Waals surface area (Å²) in [4.78, 5) is 24.3. The van der Waals surface area contributed by atoms with Crippen LogP contribution in [0.3, 0.4) is 0 Å². The van der Waals surface area contributed by atoms with Gasteiger partial charge in [-0.2, -0.15) is 0 Å². The molecule has 0 saturated carbocycles. The lowest BCUT2D eigenvalue weighted by Gasteiger charge is -2.22. The average Bonchev–Trinajstić information content (AvgIpc) is 2.45. The number of nitrogens with one attached hydrogen (secondary N) is 3. The zero-order chi connectivity index (χ0) is 15.4. The van der Waals surface area contributed by atoms with Crippen molar-refractivity contribution in [2.24, 2.45) is 0 Å². The quantitative estimate of drug-likeness (QED) is 0.790. The Morgan fingerprint density at radius 1 is 1.19 bits per heavy atom. The van der Waals surface area contributed by atoms with Crippen molar-refractivity contribution >= 4 is 17.5 Å². The van der Waals surface area contributed by atoms with Gasteiger partial charge in [-0.05, 0) is 51.3 Å². The lowest BCUT2D eigenvalue weighted by Crippen LogP contribution is -2.47. The predicted octanol–water partition coefficient (Wildman–Crippen LogP) is 1.69. The Morgan fingerprint density at radius 2 is 1.95 bits per heavy atom. The highest BCUT2D eigenvalue weighted by atomic mass is 16.2. The number of carbonyl (C=O) groups is 2. The van der Waals surface area contributed by atoms with Gasteiger partial charge in [-0.1, -0.05) is 6.07 Å². The van der Waals surface area contributed by atoms with E-state index in [0.717, 1.165) is 30.6 Å². The van der Waals surface area contributed by atoms with Crippen molar-refractivity contribution in [1.82, 2.24) is 10.6 Å². The topological polar surface area (TPSA) is 70.2 Å². The van der Waals surface area contributed by atoms with Gasteiger partial charge < -0.3 is 16.0 Å². The first-order chi connectivity index (χ1) is 9.99. The molecule has 2 rings (SSSR count). The molecule has 0 saturated heterocycles. The van der Waals surface area contributed by atoms with Crippen LogP contribution in [-0.4, -0.2) is 30.4 Å². The molecule has 1 aliphatic heterocycles. The highest BCUT2D eigenvalue weighted by Crippen LogP contribution is 2.25. The lowest BCUT2D eigenvalue weighted by molar-refractivity contribution is -0.123. The van der Waals surface area contributed by atoms with E-state index in [1.165, 1.54) is 0 Å². The Labute approximate surface area is 125 Å². The van der Waals surface area contributed by atoms with Crippen LogP contribution in [0, 0.1) is 0 Å². The number of fused-ring (bicyclic) bond motifs is 1. The molecule has 2 amide bonds. The Morgan fingerprint density at radius 3 is 2.67 bits per heavy atom. The van der Waals surface area contributed by atoms with Gasteiger partial charge in [0.25, 0.3) is 5.91 Å². The maximum atomic E-state index is 12.4. The SMILES string of the molecule is CC(C)NC(=O)C(C)NC(=O)c1cccc2c1CCCN2. The van der Waals surface area contributed by atoms with Crippen LogP contribution in [0.15, 0.2) is 18.2 Å². The second-order valence-electron chi connectivity index (χ2n) is 5.72. The first-order valence-corrected chi connectivity index (χ1v) is 7.46. The Kier molecular flexibility index (Phi) is 4.83. The van der Waals surface area contributed by atoms with Crippen LogP contribution in [0.25, 0.3) is 0 Å².